The first kappa shape index (κ1) is 20.4. The lowest BCUT2D eigenvalue weighted by Gasteiger charge is -2.13. The summed E-state index contributed by atoms with van der Waals surface area (Å²) in [5.41, 5.74) is 2.37. The normalized spacial score (nSPS) is 14.2. The van der Waals surface area contributed by atoms with Gasteiger partial charge in [-0.15, -0.1) is 23.5 Å². The van der Waals surface area contributed by atoms with Crippen molar-refractivity contribution in [3.8, 4) is 11.5 Å². The number of esters is 2. The van der Waals surface area contributed by atoms with Crippen LogP contribution in [0.25, 0.3) is 6.08 Å². The van der Waals surface area contributed by atoms with Crippen molar-refractivity contribution in [3.63, 3.8) is 0 Å². The van der Waals surface area contributed by atoms with Crippen molar-refractivity contribution in [2.45, 2.75) is 4.58 Å². The topological polar surface area (TPSA) is 61.8 Å². The van der Waals surface area contributed by atoms with Gasteiger partial charge in [0.25, 0.3) is 0 Å². The lowest BCUT2D eigenvalue weighted by Crippen LogP contribution is -2.05. The SMILES string of the molecule is COC(=O)c1ccc(/C=C/C(=O)Oc2ccc(C3SCCS3)cc2OC)cc1. The molecule has 5 nitrogen and oxygen atoms in total. The number of thioether (sulfide) groups is 2. The van der Waals surface area contributed by atoms with Crippen LogP contribution in [0.3, 0.4) is 0 Å². The van der Waals surface area contributed by atoms with Gasteiger partial charge in [0.1, 0.15) is 0 Å². The molecule has 0 aliphatic carbocycles. The summed E-state index contributed by atoms with van der Waals surface area (Å²) >= 11 is 3.81. The molecule has 28 heavy (non-hydrogen) atoms. The minimum Gasteiger partial charge on any atom is -0.493 e. The second-order valence-electron chi connectivity index (χ2n) is 5.85. The number of hydrogen-bond acceptors (Lipinski definition) is 7. The summed E-state index contributed by atoms with van der Waals surface area (Å²) in [6, 6.07) is 12.4. The van der Waals surface area contributed by atoms with Gasteiger partial charge < -0.3 is 14.2 Å². The fraction of sp³-hybridized carbons (Fsp3) is 0.238. The van der Waals surface area contributed by atoms with Crippen LogP contribution >= 0.6 is 23.5 Å². The molecule has 0 bridgehead atoms. The minimum atomic E-state index is -0.507. The van der Waals surface area contributed by atoms with Crippen LogP contribution in [0.4, 0.5) is 0 Å². The molecule has 0 aromatic heterocycles. The van der Waals surface area contributed by atoms with Crippen LogP contribution in [0.15, 0.2) is 48.5 Å². The zero-order chi connectivity index (χ0) is 19.9. The molecule has 3 rings (SSSR count). The Bertz CT molecular complexity index is 871. The Labute approximate surface area is 172 Å². The van der Waals surface area contributed by atoms with E-state index in [1.165, 1.54) is 13.2 Å². The largest absolute Gasteiger partial charge is 0.493 e. The maximum absolute atomic E-state index is 12.2. The quantitative estimate of drug-likeness (QED) is 0.388. The molecule has 1 aliphatic heterocycles. The fourth-order valence-corrected chi connectivity index (χ4v) is 5.46. The van der Waals surface area contributed by atoms with Gasteiger partial charge in [0.2, 0.25) is 0 Å². The van der Waals surface area contributed by atoms with Crippen molar-refractivity contribution in [1.29, 1.82) is 0 Å². The van der Waals surface area contributed by atoms with Gasteiger partial charge in [-0.05, 0) is 41.5 Å². The van der Waals surface area contributed by atoms with Crippen LogP contribution in [0, 0.1) is 0 Å². The Kier molecular flexibility index (Phi) is 7.06. The molecule has 0 N–H and O–H groups in total. The molecule has 0 amide bonds. The molecular weight excluding hydrogens is 396 g/mol. The van der Waals surface area contributed by atoms with Gasteiger partial charge in [-0.1, -0.05) is 18.2 Å². The summed E-state index contributed by atoms with van der Waals surface area (Å²) in [6.07, 6.45) is 2.96. The molecule has 0 spiro atoms. The fourth-order valence-electron chi connectivity index (χ4n) is 2.62. The number of hydrogen-bond donors (Lipinski definition) is 0. The Hall–Kier alpha value is -2.38. The molecule has 0 unspecified atom stereocenters. The average molecular weight is 417 g/mol. The third-order valence-corrected chi connectivity index (χ3v) is 7.14. The zero-order valence-corrected chi connectivity index (χ0v) is 17.2. The molecule has 1 fully saturated rings. The lowest BCUT2D eigenvalue weighted by molar-refractivity contribution is -0.129. The molecule has 7 heteroatoms. The lowest BCUT2D eigenvalue weighted by atomic mass is 10.1. The van der Waals surface area contributed by atoms with Crippen molar-refractivity contribution in [1.82, 2.24) is 0 Å². The van der Waals surface area contributed by atoms with Gasteiger partial charge in [-0.2, -0.15) is 0 Å². The van der Waals surface area contributed by atoms with E-state index < -0.39 is 11.9 Å². The van der Waals surface area contributed by atoms with Crippen molar-refractivity contribution < 1.29 is 23.8 Å². The van der Waals surface area contributed by atoms with Crippen LogP contribution in [-0.4, -0.2) is 37.7 Å². The summed E-state index contributed by atoms with van der Waals surface area (Å²) in [4.78, 5) is 23.6. The predicted molar refractivity (Wildman–Crippen MR) is 113 cm³/mol. The Balaban J connectivity index is 1.65. The molecule has 0 atom stereocenters. The second-order valence-corrected chi connectivity index (χ2v) is 8.58. The molecule has 146 valence electrons. The van der Waals surface area contributed by atoms with E-state index in [1.807, 2.05) is 35.7 Å². The van der Waals surface area contributed by atoms with E-state index in [-0.39, 0.29) is 0 Å². The second kappa shape index (κ2) is 9.71. The van der Waals surface area contributed by atoms with Gasteiger partial charge in [0.15, 0.2) is 11.5 Å². The maximum Gasteiger partial charge on any atom is 0.337 e. The first-order valence-corrected chi connectivity index (χ1v) is 10.7. The number of benzene rings is 2. The summed E-state index contributed by atoms with van der Waals surface area (Å²) in [7, 11) is 2.89. The highest BCUT2D eigenvalue weighted by Crippen LogP contribution is 2.46. The Morgan fingerprint density at radius 2 is 1.71 bits per heavy atom. The van der Waals surface area contributed by atoms with Crippen LogP contribution in [-0.2, 0) is 9.53 Å². The Morgan fingerprint density at radius 1 is 1.00 bits per heavy atom. The average Bonchev–Trinajstić information content (AvgIpc) is 3.27. The van der Waals surface area contributed by atoms with Gasteiger partial charge in [0.05, 0.1) is 24.4 Å². The standard InChI is InChI=1S/C21H20O5S2/c1-24-18-13-16(21-27-11-12-28-21)8-9-17(18)26-19(22)10-5-14-3-6-15(7-4-14)20(23)25-2/h3-10,13,21H,11-12H2,1-2H3/b10-5+. The van der Waals surface area contributed by atoms with Crippen LogP contribution in [0.1, 0.15) is 26.1 Å². The van der Waals surface area contributed by atoms with Crippen LogP contribution < -0.4 is 9.47 Å². The summed E-state index contributed by atoms with van der Waals surface area (Å²) < 4.78 is 15.9. The first-order valence-electron chi connectivity index (χ1n) is 8.60. The molecule has 2 aromatic carbocycles. The van der Waals surface area contributed by atoms with Gasteiger partial charge >= 0.3 is 11.9 Å². The van der Waals surface area contributed by atoms with Gasteiger partial charge in [-0.25, -0.2) is 9.59 Å². The Morgan fingerprint density at radius 3 is 2.36 bits per heavy atom. The van der Waals surface area contributed by atoms with E-state index in [1.54, 1.807) is 43.5 Å². The summed E-state index contributed by atoms with van der Waals surface area (Å²) in [6.45, 7) is 0. The summed E-state index contributed by atoms with van der Waals surface area (Å²) in [5, 5.41) is 0. The molecule has 1 aliphatic rings. The number of methoxy groups -OCH3 is 2. The van der Waals surface area contributed by atoms with Crippen molar-refractivity contribution in [2.75, 3.05) is 25.7 Å². The van der Waals surface area contributed by atoms with Crippen LogP contribution in [0.2, 0.25) is 0 Å². The highest BCUT2D eigenvalue weighted by molar-refractivity contribution is 8.19. The monoisotopic (exact) mass is 416 g/mol. The van der Waals surface area contributed by atoms with E-state index >= 15 is 0 Å². The first-order chi connectivity index (χ1) is 13.6. The van der Waals surface area contributed by atoms with Crippen LogP contribution in [0.5, 0.6) is 11.5 Å². The predicted octanol–water partition coefficient (Wildman–Crippen LogP) is 4.58. The van der Waals surface area contributed by atoms with E-state index in [0.717, 1.165) is 22.6 Å². The molecule has 0 radical (unpaired) electrons. The van der Waals surface area contributed by atoms with E-state index in [9.17, 15) is 9.59 Å². The number of rotatable bonds is 6. The van der Waals surface area contributed by atoms with E-state index in [2.05, 4.69) is 4.74 Å². The van der Waals surface area contributed by atoms with Crippen molar-refractivity contribution in [3.05, 3.63) is 65.2 Å². The highest BCUT2D eigenvalue weighted by Gasteiger charge is 2.20. The number of ether oxygens (including phenoxy) is 3. The van der Waals surface area contributed by atoms with Gasteiger partial charge in [-0.3, -0.25) is 0 Å². The van der Waals surface area contributed by atoms with Gasteiger partial charge in [0, 0.05) is 17.6 Å². The molecule has 2 aromatic rings. The maximum atomic E-state index is 12.2. The molecule has 0 saturated carbocycles. The minimum absolute atomic E-state index is 0.384. The highest BCUT2D eigenvalue weighted by atomic mass is 32.2. The molecule has 1 saturated heterocycles. The third-order valence-electron chi connectivity index (χ3n) is 4.04. The molecule has 1 heterocycles. The third kappa shape index (κ3) is 5.11. The summed E-state index contributed by atoms with van der Waals surface area (Å²) in [5.74, 6) is 2.29. The zero-order valence-electron chi connectivity index (χ0n) is 15.5. The van der Waals surface area contributed by atoms with Crippen molar-refractivity contribution in [2.24, 2.45) is 0 Å². The van der Waals surface area contributed by atoms with E-state index in [0.29, 0.717) is 21.6 Å². The smallest absolute Gasteiger partial charge is 0.337 e. The number of carbonyl (C=O) groups excluding carboxylic acids is 2. The van der Waals surface area contributed by atoms with E-state index in [4.69, 9.17) is 9.47 Å². The number of carbonyl (C=O) groups is 2. The van der Waals surface area contributed by atoms with Crippen molar-refractivity contribution >= 4 is 41.5 Å². The molecular formula is C21H20O5S2.